The van der Waals surface area contributed by atoms with Gasteiger partial charge in [-0.15, -0.1) is 0 Å². The van der Waals surface area contributed by atoms with Crippen molar-refractivity contribution in [1.82, 2.24) is 0 Å². The second kappa shape index (κ2) is 8.31. The van der Waals surface area contributed by atoms with Gasteiger partial charge < -0.3 is 10.1 Å². The Balaban J connectivity index is 2.00. The molecule has 0 saturated heterocycles. The number of benzene rings is 2. The fourth-order valence-electron chi connectivity index (χ4n) is 2.32. The van der Waals surface area contributed by atoms with Crippen LogP contribution in [0.5, 0.6) is 0 Å². The van der Waals surface area contributed by atoms with Crippen LogP contribution in [0.15, 0.2) is 42.5 Å². The minimum absolute atomic E-state index is 0.299. The van der Waals surface area contributed by atoms with Crippen LogP contribution in [0, 0.1) is 13.8 Å². The Morgan fingerprint density at radius 3 is 2.54 bits per heavy atom. The molecule has 3 nitrogen and oxygen atoms in total. The summed E-state index contributed by atoms with van der Waals surface area (Å²) in [5.74, 6) is -4.56. The molecule has 0 bridgehead atoms. The molecule has 0 saturated carbocycles. The quantitative estimate of drug-likeness (QED) is 0.700. The summed E-state index contributed by atoms with van der Waals surface area (Å²) in [6, 6.07) is 11.8. The van der Waals surface area contributed by atoms with Crippen LogP contribution in [0.3, 0.4) is 0 Å². The molecule has 0 spiro atoms. The predicted octanol–water partition coefficient (Wildman–Crippen LogP) is 4.97. The number of halogens is 4. The van der Waals surface area contributed by atoms with Gasteiger partial charge in [0.05, 0.1) is 6.61 Å². The number of nitrogens with one attached hydrogen (secondary N) is 1. The van der Waals surface area contributed by atoms with Crippen LogP contribution in [-0.2, 0) is 11.3 Å². The van der Waals surface area contributed by atoms with E-state index in [4.69, 9.17) is 0 Å². The molecule has 0 heterocycles. The third-order valence-electron chi connectivity index (χ3n) is 3.70. The van der Waals surface area contributed by atoms with Crippen LogP contribution in [0.1, 0.15) is 27.0 Å². The summed E-state index contributed by atoms with van der Waals surface area (Å²) in [5, 5.41) is 2.78. The molecule has 0 aliphatic rings. The van der Waals surface area contributed by atoms with Gasteiger partial charge in [-0.25, -0.2) is 8.78 Å². The number of hydrogen-bond donors (Lipinski definition) is 1. The SMILES string of the molecule is Cc1ccc(NC(=O)c2cccc(COCC(F)(F)C(F)F)c2)c(C)c1. The van der Waals surface area contributed by atoms with E-state index in [1.807, 2.05) is 26.0 Å². The van der Waals surface area contributed by atoms with Crippen molar-refractivity contribution in [3.8, 4) is 0 Å². The zero-order valence-corrected chi connectivity index (χ0v) is 14.4. The number of hydrogen-bond acceptors (Lipinski definition) is 2. The number of carbonyl (C=O) groups is 1. The van der Waals surface area contributed by atoms with Gasteiger partial charge in [-0.3, -0.25) is 4.79 Å². The first-order valence-electron chi connectivity index (χ1n) is 7.90. The molecule has 1 amide bonds. The molecule has 1 N–H and O–H groups in total. The number of ether oxygens (including phenoxy) is 1. The lowest BCUT2D eigenvalue weighted by atomic mass is 10.1. The van der Waals surface area contributed by atoms with E-state index in [9.17, 15) is 22.4 Å². The Kier molecular flexibility index (Phi) is 6.37. The topological polar surface area (TPSA) is 38.3 Å². The smallest absolute Gasteiger partial charge is 0.330 e. The third-order valence-corrected chi connectivity index (χ3v) is 3.70. The van der Waals surface area contributed by atoms with Crippen molar-refractivity contribution in [2.75, 3.05) is 11.9 Å². The Labute approximate surface area is 149 Å². The number of anilines is 1. The van der Waals surface area contributed by atoms with Crippen molar-refractivity contribution >= 4 is 11.6 Å². The van der Waals surface area contributed by atoms with E-state index in [1.165, 1.54) is 6.07 Å². The number of aryl methyl sites for hydroxylation is 2. The maximum absolute atomic E-state index is 12.8. The zero-order chi connectivity index (χ0) is 19.3. The van der Waals surface area contributed by atoms with Crippen LogP contribution >= 0.6 is 0 Å². The highest BCUT2D eigenvalue weighted by Crippen LogP contribution is 2.23. The van der Waals surface area contributed by atoms with Crippen molar-refractivity contribution in [3.05, 3.63) is 64.7 Å². The molecular formula is C19H19F4NO2. The molecule has 7 heteroatoms. The normalized spacial score (nSPS) is 11.7. The standard InChI is InChI=1S/C19H19F4NO2/c1-12-6-7-16(13(2)8-12)24-17(25)15-5-3-4-14(9-15)10-26-11-19(22,23)18(20)21/h3-9,18H,10-11H2,1-2H3,(H,24,25). The average Bonchev–Trinajstić information content (AvgIpc) is 2.57. The van der Waals surface area contributed by atoms with E-state index < -0.39 is 19.0 Å². The lowest BCUT2D eigenvalue weighted by Gasteiger charge is -2.15. The van der Waals surface area contributed by atoms with Gasteiger partial charge in [-0.2, -0.15) is 8.78 Å². The molecule has 0 atom stereocenters. The lowest BCUT2D eigenvalue weighted by Crippen LogP contribution is -2.32. The van der Waals surface area contributed by atoms with Gasteiger partial charge in [0.1, 0.15) is 6.61 Å². The molecule has 140 valence electrons. The second-order valence-electron chi connectivity index (χ2n) is 6.03. The number of rotatable bonds is 7. The van der Waals surface area contributed by atoms with E-state index in [2.05, 4.69) is 10.1 Å². The van der Waals surface area contributed by atoms with Crippen LogP contribution in [0.4, 0.5) is 23.2 Å². The largest absolute Gasteiger partial charge is 0.370 e. The summed E-state index contributed by atoms with van der Waals surface area (Å²) in [6.45, 7) is 2.13. The fourth-order valence-corrected chi connectivity index (χ4v) is 2.32. The van der Waals surface area contributed by atoms with Crippen LogP contribution in [0.2, 0.25) is 0 Å². The van der Waals surface area contributed by atoms with Gasteiger partial charge in [0, 0.05) is 11.3 Å². The molecule has 0 aromatic heterocycles. The van der Waals surface area contributed by atoms with E-state index >= 15 is 0 Å². The highest BCUT2D eigenvalue weighted by molar-refractivity contribution is 6.04. The summed E-state index contributed by atoms with van der Waals surface area (Å²) in [7, 11) is 0. The zero-order valence-electron chi connectivity index (χ0n) is 14.4. The number of carbonyl (C=O) groups excluding carboxylic acids is 1. The monoisotopic (exact) mass is 369 g/mol. The molecule has 2 aromatic carbocycles. The molecule has 0 radical (unpaired) electrons. The molecule has 2 aromatic rings. The molecule has 26 heavy (non-hydrogen) atoms. The first kappa shape index (κ1) is 19.9. The molecule has 0 fully saturated rings. The molecule has 0 aliphatic heterocycles. The van der Waals surface area contributed by atoms with Gasteiger partial charge >= 0.3 is 12.3 Å². The van der Waals surface area contributed by atoms with Gasteiger partial charge in [0.2, 0.25) is 0 Å². The highest BCUT2D eigenvalue weighted by Gasteiger charge is 2.40. The van der Waals surface area contributed by atoms with Gasteiger partial charge in [-0.05, 0) is 43.2 Å². The predicted molar refractivity (Wildman–Crippen MR) is 90.9 cm³/mol. The number of amides is 1. The van der Waals surface area contributed by atoms with E-state index in [1.54, 1.807) is 24.3 Å². The summed E-state index contributed by atoms with van der Waals surface area (Å²) in [6.07, 6.45) is -3.78. The third kappa shape index (κ3) is 5.29. The van der Waals surface area contributed by atoms with Gasteiger partial charge in [-0.1, -0.05) is 29.8 Å². The Morgan fingerprint density at radius 1 is 1.15 bits per heavy atom. The minimum Gasteiger partial charge on any atom is -0.370 e. The maximum Gasteiger partial charge on any atom is 0.330 e. The fraction of sp³-hybridized carbons (Fsp3) is 0.316. The van der Waals surface area contributed by atoms with E-state index in [-0.39, 0.29) is 12.5 Å². The van der Waals surface area contributed by atoms with Gasteiger partial charge in [0.15, 0.2) is 0 Å². The lowest BCUT2D eigenvalue weighted by molar-refractivity contribution is -0.168. The molecule has 2 rings (SSSR count). The highest BCUT2D eigenvalue weighted by atomic mass is 19.3. The summed E-state index contributed by atoms with van der Waals surface area (Å²) in [5.41, 5.74) is 3.39. The van der Waals surface area contributed by atoms with Crippen LogP contribution < -0.4 is 5.32 Å². The Bertz CT molecular complexity index is 778. The van der Waals surface area contributed by atoms with Crippen molar-refractivity contribution in [3.63, 3.8) is 0 Å². The minimum atomic E-state index is -4.20. The van der Waals surface area contributed by atoms with Crippen LogP contribution in [-0.4, -0.2) is 24.9 Å². The Hall–Kier alpha value is -2.41. The summed E-state index contributed by atoms with van der Waals surface area (Å²) < 4.78 is 54.5. The Morgan fingerprint density at radius 2 is 1.88 bits per heavy atom. The summed E-state index contributed by atoms with van der Waals surface area (Å²) >= 11 is 0. The van der Waals surface area contributed by atoms with Crippen LogP contribution in [0.25, 0.3) is 0 Å². The molecular weight excluding hydrogens is 350 g/mol. The van der Waals surface area contributed by atoms with Crippen molar-refractivity contribution in [2.24, 2.45) is 0 Å². The number of alkyl halides is 4. The first-order valence-corrected chi connectivity index (χ1v) is 7.90. The van der Waals surface area contributed by atoms with E-state index in [0.717, 1.165) is 11.1 Å². The second-order valence-corrected chi connectivity index (χ2v) is 6.03. The maximum atomic E-state index is 12.8. The molecule has 0 aliphatic carbocycles. The van der Waals surface area contributed by atoms with Gasteiger partial charge in [0.25, 0.3) is 5.91 Å². The average molecular weight is 369 g/mol. The molecule has 0 unspecified atom stereocenters. The van der Waals surface area contributed by atoms with Crippen molar-refractivity contribution < 1.29 is 27.1 Å². The van der Waals surface area contributed by atoms with E-state index in [0.29, 0.717) is 16.8 Å². The van der Waals surface area contributed by atoms with Crippen molar-refractivity contribution in [2.45, 2.75) is 32.8 Å². The first-order chi connectivity index (χ1) is 12.2. The van der Waals surface area contributed by atoms with Crippen molar-refractivity contribution in [1.29, 1.82) is 0 Å². The summed E-state index contributed by atoms with van der Waals surface area (Å²) in [4.78, 5) is 12.4.